The Morgan fingerprint density at radius 1 is 1.31 bits per heavy atom. The Hall–Kier alpha value is -2.30. The van der Waals surface area contributed by atoms with Gasteiger partial charge in [-0.3, -0.25) is 0 Å². The van der Waals surface area contributed by atoms with E-state index in [-0.39, 0.29) is 11.8 Å². The quantitative estimate of drug-likeness (QED) is 0.390. The number of aromatic nitrogens is 2. The smallest absolute Gasteiger partial charge is 0.216 e. The first-order valence-corrected chi connectivity index (χ1v) is 3.21. The average Bonchev–Trinajstić information content (AvgIpc) is 2.12. The van der Waals surface area contributed by atoms with Crippen molar-refractivity contribution in [2.24, 2.45) is 10.2 Å². The molecule has 0 atom stereocenters. The average molecular weight is 176 g/mol. The first kappa shape index (κ1) is 8.79. The zero-order valence-corrected chi connectivity index (χ0v) is 6.66. The topological polar surface area (TPSA) is 123 Å². The van der Waals surface area contributed by atoms with E-state index in [9.17, 15) is 0 Å². The molecule has 8 nitrogen and oxygen atoms in total. The molecule has 0 aromatic carbocycles. The van der Waals surface area contributed by atoms with Crippen LogP contribution < -0.4 is 0 Å². The fraction of sp³-hybridized carbons (Fsp3) is 0.200. The minimum atomic E-state index is -0.0597. The van der Waals surface area contributed by atoms with Crippen molar-refractivity contribution in [3.05, 3.63) is 32.6 Å². The summed E-state index contributed by atoms with van der Waals surface area (Å²) in [6, 6.07) is 0. The van der Waals surface area contributed by atoms with Gasteiger partial charge in [-0.1, -0.05) is 0 Å². The summed E-state index contributed by atoms with van der Waals surface area (Å²) in [5.41, 5.74) is 16.9. The van der Waals surface area contributed by atoms with Gasteiger partial charge in [-0.05, 0) is 33.8 Å². The first-order chi connectivity index (χ1) is 6.27. The minimum absolute atomic E-state index is 0.0597. The normalized spacial score (nSPS) is 8.38. The molecule has 1 heterocycles. The zero-order valence-electron chi connectivity index (χ0n) is 6.66. The monoisotopic (exact) mass is 176 g/mol. The van der Waals surface area contributed by atoms with Gasteiger partial charge in [0.2, 0.25) is 5.95 Å². The van der Waals surface area contributed by atoms with Crippen LogP contribution in [-0.2, 0) is 0 Å². The molecular formula is C5H4N8. The van der Waals surface area contributed by atoms with Crippen LogP contribution in [0.1, 0.15) is 5.56 Å². The standard InChI is InChI=1S/C5H4N8/c1-3-2-8-5(11-13-7)9-4(3)10-12-6/h2H,1H3. The van der Waals surface area contributed by atoms with Gasteiger partial charge in [0, 0.05) is 16.0 Å². The fourth-order valence-electron chi connectivity index (χ4n) is 0.656. The molecule has 0 amide bonds. The second kappa shape index (κ2) is 3.91. The lowest BCUT2D eigenvalue weighted by molar-refractivity contribution is 1.08. The van der Waals surface area contributed by atoms with Crippen molar-refractivity contribution < 1.29 is 0 Å². The summed E-state index contributed by atoms with van der Waals surface area (Å²) in [5, 5.41) is 6.46. The minimum Gasteiger partial charge on any atom is -0.235 e. The Bertz CT molecular complexity index is 411. The van der Waals surface area contributed by atoms with Gasteiger partial charge in [-0.2, -0.15) is 0 Å². The van der Waals surface area contributed by atoms with Crippen molar-refractivity contribution in [2.75, 3.05) is 0 Å². The second-order valence-corrected chi connectivity index (χ2v) is 2.06. The first-order valence-electron chi connectivity index (χ1n) is 3.21. The van der Waals surface area contributed by atoms with Crippen LogP contribution in [0.15, 0.2) is 16.4 Å². The van der Waals surface area contributed by atoms with Gasteiger partial charge in [0.25, 0.3) is 0 Å². The molecule has 0 aliphatic rings. The fourth-order valence-corrected chi connectivity index (χ4v) is 0.656. The molecule has 0 aliphatic carbocycles. The molecule has 13 heavy (non-hydrogen) atoms. The molecule has 0 bridgehead atoms. The Balaban J connectivity index is 3.25. The van der Waals surface area contributed by atoms with Crippen LogP contribution in [0.2, 0.25) is 0 Å². The molecule has 1 aromatic heterocycles. The highest BCUT2D eigenvalue weighted by Crippen LogP contribution is 2.17. The highest BCUT2D eigenvalue weighted by atomic mass is 15.2. The van der Waals surface area contributed by atoms with Crippen LogP contribution in [0, 0.1) is 6.92 Å². The maximum Gasteiger partial charge on any atom is 0.216 e. The lowest BCUT2D eigenvalue weighted by Crippen LogP contribution is -1.83. The van der Waals surface area contributed by atoms with Crippen molar-refractivity contribution in [1.82, 2.24) is 9.97 Å². The number of hydrogen-bond acceptors (Lipinski definition) is 4. The molecular weight excluding hydrogens is 172 g/mol. The lowest BCUT2D eigenvalue weighted by Gasteiger charge is -1.96. The van der Waals surface area contributed by atoms with Gasteiger partial charge in [-0.15, -0.1) is 0 Å². The summed E-state index contributed by atoms with van der Waals surface area (Å²) < 4.78 is 0. The van der Waals surface area contributed by atoms with Gasteiger partial charge in [0.15, 0.2) is 0 Å². The Labute approximate surface area is 72.5 Å². The van der Waals surface area contributed by atoms with E-state index in [1.54, 1.807) is 6.92 Å². The Kier molecular flexibility index (Phi) is 2.65. The number of hydrogen-bond donors (Lipinski definition) is 0. The van der Waals surface area contributed by atoms with E-state index in [0.29, 0.717) is 5.56 Å². The molecule has 0 unspecified atom stereocenters. The number of rotatable bonds is 2. The predicted molar refractivity (Wildman–Crippen MR) is 44.4 cm³/mol. The van der Waals surface area contributed by atoms with Gasteiger partial charge >= 0.3 is 0 Å². The summed E-state index contributed by atoms with van der Waals surface area (Å²) in [4.78, 5) is 12.5. The molecule has 0 saturated heterocycles. The van der Waals surface area contributed by atoms with E-state index in [2.05, 4.69) is 30.0 Å². The van der Waals surface area contributed by atoms with Gasteiger partial charge < -0.3 is 0 Å². The van der Waals surface area contributed by atoms with E-state index < -0.39 is 0 Å². The maximum atomic E-state index is 8.16. The van der Waals surface area contributed by atoms with Crippen LogP contribution in [0.5, 0.6) is 0 Å². The van der Waals surface area contributed by atoms with Crippen LogP contribution in [-0.4, -0.2) is 9.97 Å². The van der Waals surface area contributed by atoms with Gasteiger partial charge in [-0.25, -0.2) is 9.97 Å². The molecule has 1 rings (SSSR count). The molecule has 64 valence electrons. The number of nitrogens with zero attached hydrogens (tertiary/aromatic N) is 8. The highest BCUT2D eigenvalue weighted by molar-refractivity contribution is 5.39. The van der Waals surface area contributed by atoms with Crippen LogP contribution in [0.25, 0.3) is 20.9 Å². The van der Waals surface area contributed by atoms with E-state index >= 15 is 0 Å². The summed E-state index contributed by atoms with van der Waals surface area (Å²) in [7, 11) is 0. The Morgan fingerprint density at radius 3 is 2.62 bits per heavy atom. The third-order valence-electron chi connectivity index (χ3n) is 1.21. The van der Waals surface area contributed by atoms with Gasteiger partial charge in [0.05, 0.1) is 0 Å². The summed E-state index contributed by atoms with van der Waals surface area (Å²) in [6.07, 6.45) is 1.42. The van der Waals surface area contributed by atoms with E-state index in [4.69, 9.17) is 11.1 Å². The summed E-state index contributed by atoms with van der Waals surface area (Å²) in [5.74, 6) is 0.107. The molecule has 0 aliphatic heterocycles. The number of azide groups is 2. The largest absolute Gasteiger partial charge is 0.235 e. The highest BCUT2D eigenvalue weighted by Gasteiger charge is 1.99. The Morgan fingerprint density at radius 2 is 2.00 bits per heavy atom. The zero-order chi connectivity index (χ0) is 9.68. The molecule has 0 saturated carbocycles. The molecule has 0 spiro atoms. The molecule has 0 radical (unpaired) electrons. The van der Waals surface area contributed by atoms with Crippen molar-refractivity contribution in [1.29, 1.82) is 0 Å². The molecule has 1 aromatic rings. The summed E-state index contributed by atoms with van der Waals surface area (Å²) in [6.45, 7) is 1.68. The van der Waals surface area contributed by atoms with Crippen molar-refractivity contribution >= 4 is 11.8 Å². The maximum absolute atomic E-state index is 8.16. The van der Waals surface area contributed by atoms with Crippen molar-refractivity contribution in [2.45, 2.75) is 6.92 Å². The molecule has 0 fully saturated rings. The van der Waals surface area contributed by atoms with Crippen LogP contribution >= 0.6 is 0 Å². The lowest BCUT2D eigenvalue weighted by atomic mass is 10.3. The van der Waals surface area contributed by atoms with Crippen LogP contribution in [0.4, 0.5) is 11.8 Å². The van der Waals surface area contributed by atoms with Gasteiger partial charge in [0.1, 0.15) is 5.82 Å². The summed E-state index contributed by atoms with van der Waals surface area (Å²) >= 11 is 0. The molecule has 0 N–H and O–H groups in total. The third-order valence-corrected chi connectivity index (χ3v) is 1.21. The SMILES string of the molecule is Cc1cnc(N=[N+]=[N-])nc1N=[N+]=[N-]. The van der Waals surface area contributed by atoms with E-state index in [0.717, 1.165) is 0 Å². The third kappa shape index (κ3) is 2.06. The van der Waals surface area contributed by atoms with Crippen molar-refractivity contribution in [3.8, 4) is 0 Å². The predicted octanol–water partition coefficient (Wildman–Crippen LogP) is 2.67. The molecule has 8 heteroatoms. The second-order valence-electron chi connectivity index (χ2n) is 2.06. The van der Waals surface area contributed by atoms with E-state index in [1.165, 1.54) is 6.20 Å². The number of aryl methyl sites for hydroxylation is 1. The van der Waals surface area contributed by atoms with Crippen molar-refractivity contribution in [3.63, 3.8) is 0 Å². The van der Waals surface area contributed by atoms with E-state index in [1.807, 2.05) is 0 Å². The van der Waals surface area contributed by atoms with Crippen LogP contribution in [0.3, 0.4) is 0 Å².